The van der Waals surface area contributed by atoms with Gasteiger partial charge in [0.1, 0.15) is 5.75 Å². The maximum Gasteiger partial charge on any atom is 0.335 e. The molecule has 23 heavy (non-hydrogen) atoms. The van der Waals surface area contributed by atoms with Crippen LogP contribution in [-0.2, 0) is 21.2 Å². The van der Waals surface area contributed by atoms with Crippen LogP contribution in [0.15, 0.2) is 24.3 Å². The third-order valence-corrected chi connectivity index (χ3v) is 5.28. The number of carboxylic acids is 1. The SMILES string of the molecule is CCN(CC)S(=O)(=O)CC(=O)NCCc1ccc(C(=O)O)cc1. The lowest BCUT2D eigenvalue weighted by Crippen LogP contribution is -2.39. The summed E-state index contributed by atoms with van der Waals surface area (Å²) in [6, 6.07) is 6.32. The average molecular weight is 342 g/mol. The minimum atomic E-state index is -3.58. The van der Waals surface area contributed by atoms with Crippen molar-refractivity contribution in [3.8, 4) is 0 Å². The fraction of sp³-hybridized carbons (Fsp3) is 0.467. The van der Waals surface area contributed by atoms with Gasteiger partial charge in [-0.05, 0) is 24.1 Å². The highest BCUT2D eigenvalue weighted by Crippen LogP contribution is 2.05. The number of nitrogens with zero attached hydrogens (tertiary/aromatic N) is 1. The van der Waals surface area contributed by atoms with Crippen LogP contribution in [0.4, 0.5) is 0 Å². The number of nitrogens with one attached hydrogen (secondary N) is 1. The van der Waals surface area contributed by atoms with Gasteiger partial charge in [-0.25, -0.2) is 17.5 Å². The van der Waals surface area contributed by atoms with E-state index in [2.05, 4.69) is 5.32 Å². The van der Waals surface area contributed by atoms with Gasteiger partial charge >= 0.3 is 5.97 Å². The lowest BCUT2D eigenvalue weighted by atomic mass is 10.1. The van der Waals surface area contributed by atoms with E-state index in [9.17, 15) is 18.0 Å². The molecule has 0 atom stereocenters. The molecule has 1 aromatic rings. The van der Waals surface area contributed by atoms with E-state index in [1.807, 2.05) is 0 Å². The van der Waals surface area contributed by atoms with E-state index in [-0.39, 0.29) is 5.56 Å². The Hall–Kier alpha value is -1.93. The zero-order valence-electron chi connectivity index (χ0n) is 13.3. The van der Waals surface area contributed by atoms with Crippen LogP contribution in [0.5, 0.6) is 0 Å². The van der Waals surface area contributed by atoms with Crippen LogP contribution in [0.2, 0.25) is 0 Å². The third-order valence-electron chi connectivity index (χ3n) is 3.35. The Morgan fingerprint density at radius 1 is 1.13 bits per heavy atom. The highest BCUT2D eigenvalue weighted by atomic mass is 32.2. The van der Waals surface area contributed by atoms with Gasteiger partial charge in [0.25, 0.3) is 0 Å². The Morgan fingerprint density at radius 3 is 2.17 bits per heavy atom. The predicted octanol–water partition coefficient (Wildman–Crippen LogP) is 0.715. The minimum absolute atomic E-state index is 0.197. The van der Waals surface area contributed by atoms with Gasteiger partial charge in [-0.2, -0.15) is 0 Å². The number of carbonyl (C=O) groups is 2. The van der Waals surface area contributed by atoms with Gasteiger partial charge < -0.3 is 10.4 Å². The summed E-state index contributed by atoms with van der Waals surface area (Å²) in [6.07, 6.45) is 0.497. The van der Waals surface area contributed by atoms with Crippen LogP contribution in [0.25, 0.3) is 0 Å². The van der Waals surface area contributed by atoms with E-state index in [1.165, 1.54) is 16.4 Å². The molecule has 0 heterocycles. The molecular formula is C15H22N2O5S. The Labute approximate surface area is 136 Å². The first kappa shape index (κ1) is 19.1. The molecule has 0 unspecified atom stereocenters. The molecule has 8 heteroatoms. The standard InChI is InChI=1S/C15H22N2O5S/c1-3-17(4-2)23(21,22)11-14(18)16-10-9-12-5-7-13(8-6-12)15(19)20/h5-8H,3-4,9-11H2,1-2H3,(H,16,18)(H,19,20). The zero-order valence-corrected chi connectivity index (χ0v) is 14.1. The molecule has 0 bridgehead atoms. The Bertz CT molecular complexity index is 636. The van der Waals surface area contributed by atoms with Crippen molar-refractivity contribution < 1.29 is 23.1 Å². The van der Waals surface area contributed by atoms with Crippen LogP contribution in [0.1, 0.15) is 29.8 Å². The van der Waals surface area contributed by atoms with E-state index < -0.39 is 27.7 Å². The highest BCUT2D eigenvalue weighted by Gasteiger charge is 2.22. The summed E-state index contributed by atoms with van der Waals surface area (Å²) in [5, 5.41) is 11.4. The Morgan fingerprint density at radius 2 is 1.70 bits per heavy atom. The molecule has 1 amide bonds. The molecule has 0 aliphatic rings. The van der Waals surface area contributed by atoms with Gasteiger partial charge in [-0.1, -0.05) is 26.0 Å². The summed E-state index contributed by atoms with van der Waals surface area (Å²) in [7, 11) is -3.58. The zero-order chi connectivity index (χ0) is 17.5. The van der Waals surface area contributed by atoms with Gasteiger partial charge in [0, 0.05) is 19.6 Å². The van der Waals surface area contributed by atoms with E-state index in [0.717, 1.165) is 5.56 Å². The van der Waals surface area contributed by atoms with Crippen molar-refractivity contribution >= 4 is 21.9 Å². The molecule has 0 fully saturated rings. The van der Waals surface area contributed by atoms with Crippen LogP contribution in [-0.4, -0.2) is 55.1 Å². The van der Waals surface area contributed by atoms with Crippen LogP contribution in [0.3, 0.4) is 0 Å². The molecule has 2 N–H and O–H groups in total. The van der Waals surface area contributed by atoms with Gasteiger partial charge in [0.05, 0.1) is 5.56 Å². The summed E-state index contributed by atoms with van der Waals surface area (Å²) in [4.78, 5) is 22.5. The van der Waals surface area contributed by atoms with E-state index in [0.29, 0.717) is 26.1 Å². The summed E-state index contributed by atoms with van der Waals surface area (Å²) < 4.78 is 25.1. The molecule has 0 aromatic heterocycles. The molecule has 0 saturated heterocycles. The molecule has 0 aliphatic carbocycles. The number of carboxylic acid groups (broad SMARTS) is 1. The molecule has 0 spiro atoms. The first-order valence-electron chi connectivity index (χ1n) is 7.37. The monoisotopic (exact) mass is 342 g/mol. The summed E-state index contributed by atoms with van der Waals surface area (Å²) in [5.74, 6) is -2.10. The predicted molar refractivity (Wildman–Crippen MR) is 86.8 cm³/mol. The number of sulfonamides is 1. The molecule has 128 valence electrons. The Kier molecular flexibility index (Phi) is 7.18. The number of aromatic carboxylic acids is 1. The van der Waals surface area contributed by atoms with Gasteiger partial charge in [-0.3, -0.25) is 4.79 Å². The minimum Gasteiger partial charge on any atom is -0.478 e. The van der Waals surface area contributed by atoms with Crippen molar-refractivity contribution in [1.29, 1.82) is 0 Å². The summed E-state index contributed by atoms with van der Waals surface area (Å²) >= 11 is 0. The lowest BCUT2D eigenvalue weighted by Gasteiger charge is -2.17. The van der Waals surface area contributed by atoms with Crippen LogP contribution >= 0.6 is 0 Å². The van der Waals surface area contributed by atoms with Gasteiger partial charge in [0.2, 0.25) is 15.9 Å². The Balaban J connectivity index is 2.46. The second kappa shape index (κ2) is 8.64. The van der Waals surface area contributed by atoms with Gasteiger partial charge in [-0.15, -0.1) is 0 Å². The fourth-order valence-corrected chi connectivity index (χ4v) is 3.49. The van der Waals surface area contributed by atoms with Crippen molar-refractivity contribution in [2.75, 3.05) is 25.4 Å². The fourth-order valence-electron chi connectivity index (χ4n) is 2.09. The molecular weight excluding hydrogens is 320 g/mol. The second-order valence-electron chi connectivity index (χ2n) is 4.94. The number of benzene rings is 1. The molecule has 0 aliphatic heterocycles. The molecule has 0 radical (unpaired) electrons. The van der Waals surface area contributed by atoms with Gasteiger partial charge in [0.15, 0.2) is 0 Å². The molecule has 7 nitrogen and oxygen atoms in total. The largest absolute Gasteiger partial charge is 0.478 e. The quantitative estimate of drug-likeness (QED) is 0.688. The van der Waals surface area contributed by atoms with Crippen molar-refractivity contribution in [1.82, 2.24) is 9.62 Å². The van der Waals surface area contributed by atoms with Crippen molar-refractivity contribution in [3.63, 3.8) is 0 Å². The van der Waals surface area contributed by atoms with E-state index in [4.69, 9.17) is 5.11 Å². The van der Waals surface area contributed by atoms with E-state index in [1.54, 1.807) is 26.0 Å². The number of carbonyl (C=O) groups excluding carboxylic acids is 1. The number of rotatable bonds is 9. The maximum atomic E-state index is 11.9. The topological polar surface area (TPSA) is 104 Å². The van der Waals surface area contributed by atoms with Crippen LogP contribution in [0, 0.1) is 0 Å². The average Bonchev–Trinajstić information content (AvgIpc) is 2.48. The number of hydrogen-bond donors (Lipinski definition) is 2. The molecule has 0 saturated carbocycles. The highest BCUT2D eigenvalue weighted by molar-refractivity contribution is 7.89. The summed E-state index contributed by atoms with van der Waals surface area (Å²) in [6.45, 7) is 4.41. The lowest BCUT2D eigenvalue weighted by molar-refractivity contribution is -0.118. The molecule has 1 aromatic carbocycles. The number of amides is 1. The first-order valence-corrected chi connectivity index (χ1v) is 8.97. The van der Waals surface area contributed by atoms with Crippen molar-refractivity contribution in [2.24, 2.45) is 0 Å². The smallest absolute Gasteiger partial charge is 0.335 e. The second-order valence-corrected chi connectivity index (χ2v) is 6.91. The van der Waals surface area contributed by atoms with Crippen molar-refractivity contribution in [2.45, 2.75) is 20.3 Å². The maximum absolute atomic E-state index is 11.9. The van der Waals surface area contributed by atoms with E-state index >= 15 is 0 Å². The first-order chi connectivity index (χ1) is 10.8. The molecule has 1 rings (SSSR count). The third kappa shape index (κ3) is 5.99. The summed E-state index contributed by atoms with van der Waals surface area (Å²) in [5.41, 5.74) is 1.06. The number of hydrogen-bond acceptors (Lipinski definition) is 4. The normalized spacial score (nSPS) is 11.4. The van der Waals surface area contributed by atoms with Crippen molar-refractivity contribution in [3.05, 3.63) is 35.4 Å². The van der Waals surface area contributed by atoms with Crippen LogP contribution < -0.4 is 5.32 Å².